The quantitative estimate of drug-likeness (QED) is 0.688. The van der Waals surface area contributed by atoms with Gasteiger partial charge in [0.15, 0.2) is 5.65 Å². The van der Waals surface area contributed by atoms with E-state index in [1.807, 2.05) is 0 Å². The molecule has 108 valence electrons. The van der Waals surface area contributed by atoms with Crippen molar-refractivity contribution in [1.82, 2.24) is 19.5 Å². The fourth-order valence-corrected chi connectivity index (χ4v) is 2.23. The average molecular weight is 313 g/mol. The predicted molar refractivity (Wildman–Crippen MR) is 71.8 cm³/mol. The molecule has 3 aromatic heterocycles. The molecule has 4 nitrogen and oxygen atoms in total. The third kappa shape index (κ3) is 2.33. The minimum atomic E-state index is -4.45. The largest absolute Gasteiger partial charge is 0.417 e. The van der Waals surface area contributed by atoms with E-state index in [4.69, 9.17) is 11.6 Å². The normalized spacial score (nSPS) is 12.0. The van der Waals surface area contributed by atoms with E-state index in [1.54, 1.807) is 17.7 Å². The summed E-state index contributed by atoms with van der Waals surface area (Å²) in [5, 5.41) is 0.368. The van der Waals surface area contributed by atoms with Crippen LogP contribution in [-0.2, 0) is 13.2 Å². The minimum Gasteiger partial charge on any atom is -0.312 e. The molecule has 0 aliphatic heterocycles. The molecule has 0 aliphatic carbocycles. The molecular formula is C13H8ClF3N4. The number of halogens is 4. The van der Waals surface area contributed by atoms with Crippen LogP contribution in [0.15, 0.2) is 30.7 Å². The molecule has 0 unspecified atom stereocenters. The average Bonchev–Trinajstić information content (AvgIpc) is 2.75. The van der Waals surface area contributed by atoms with Gasteiger partial charge in [0.25, 0.3) is 0 Å². The molecular weight excluding hydrogens is 305 g/mol. The van der Waals surface area contributed by atoms with Crippen molar-refractivity contribution >= 4 is 22.8 Å². The lowest BCUT2D eigenvalue weighted by atomic mass is 10.2. The smallest absolute Gasteiger partial charge is 0.312 e. The van der Waals surface area contributed by atoms with Crippen molar-refractivity contribution in [2.45, 2.75) is 6.18 Å². The van der Waals surface area contributed by atoms with E-state index in [2.05, 4.69) is 15.0 Å². The molecule has 0 fully saturated rings. The van der Waals surface area contributed by atoms with Crippen LogP contribution in [0, 0.1) is 0 Å². The summed E-state index contributed by atoms with van der Waals surface area (Å²) < 4.78 is 39.7. The molecule has 0 aliphatic rings. The van der Waals surface area contributed by atoms with Crippen molar-refractivity contribution in [3.8, 4) is 11.4 Å². The van der Waals surface area contributed by atoms with Crippen LogP contribution in [0.25, 0.3) is 22.6 Å². The van der Waals surface area contributed by atoms with Gasteiger partial charge < -0.3 is 4.57 Å². The Balaban J connectivity index is 2.23. The lowest BCUT2D eigenvalue weighted by Crippen LogP contribution is -2.05. The molecule has 0 radical (unpaired) electrons. The number of imidazole rings is 1. The summed E-state index contributed by atoms with van der Waals surface area (Å²) in [7, 11) is 1.67. The first kappa shape index (κ1) is 13.8. The summed E-state index contributed by atoms with van der Waals surface area (Å²) in [4.78, 5) is 11.9. The van der Waals surface area contributed by atoms with Gasteiger partial charge in [0.1, 0.15) is 11.3 Å². The highest BCUT2D eigenvalue weighted by atomic mass is 35.5. The first-order valence-corrected chi connectivity index (χ1v) is 6.25. The topological polar surface area (TPSA) is 43.6 Å². The Morgan fingerprint density at radius 1 is 1.24 bits per heavy atom. The second-order valence-corrected chi connectivity index (χ2v) is 4.82. The van der Waals surface area contributed by atoms with Crippen LogP contribution in [-0.4, -0.2) is 19.5 Å². The maximum atomic E-state index is 12.7. The molecule has 0 spiro atoms. The van der Waals surface area contributed by atoms with Crippen LogP contribution < -0.4 is 0 Å². The van der Waals surface area contributed by atoms with Crippen molar-refractivity contribution < 1.29 is 13.2 Å². The number of nitrogens with zero attached hydrogens (tertiary/aromatic N) is 4. The summed E-state index contributed by atoms with van der Waals surface area (Å²) >= 11 is 6.05. The minimum absolute atomic E-state index is 0.162. The number of rotatable bonds is 1. The van der Waals surface area contributed by atoms with Gasteiger partial charge in [-0.25, -0.2) is 9.97 Å². The highest BCUT2D eigenvalue weighted by molar-refractivity contribution is 6.33. The molecule has 0 saturated carbocycles. The second kappa shape index (κ2) is 4.70. The monoisotopic (exact) mass is 312 g/mol. The van der Waals surface area contributed by atoms with E-state index >= 15 is 0 Å². The Kier molecular flexibility index (Phi) is 3.09. The standard InChI is InChI=1S/C13H8ClF3N4/c1-21-11(8-2-3-18-6-9(8)14)20-10-4-7(13(15,16)17)5-19-12(10)21/h2-6H,1H3. The van der Waals surface area contributed by atoms with Crippen molar-refractivity contribution in [3.05, 3.63) is 41.3 Å². The zero-order valence-electron chi connectivity index (χ0n) is 10.7. The molecule has 0 bridgehead atoms. The molecule has 0 N–H and O–H groups in total. The van der Waals surface area contributed by atoms with Gasteiger partial charge in [-0.15, -0.1) is 0 Å². The van der Waals surface area contributed by atoms with Gasteiger partial charge in [-0.05, 0) is 12.1 Å². The number of pyridine rings is 2. The zero-order chi connectivity index (χ0) is 15.2. The molecule has 0 amide bonds. The first-order chi connectivity index (χ1) is 9.88. The Morgan fingerprint density at radius 3 is 2.67 bits per heavy atom. The van der Waals surface area contributed by atoms with Crippen LogP contribution >= 0.6 is 11.6 Å². The van der Waals surface area contributed by atoms with Gasteiger partial charge >= 0.3 is 6.18 Å². The summed E-state index contributed by atoms with van der Waals surface area (Å²) in [6.45, 7) is 0. The molecule has 8 heteroatoms. The molecule has 0 saturated heterocycles. The van der Waals surface area contributed by atoms with Gasteiger partial charge in [0.05, 0.1) is 10.6 Å². The van der Waals surface area contributed by atoms with Crippen LogP contribution in [0.2, 0.25) is 5.02 Å². The summed E-state index contributed by atoms with van der Waals surface area (Å²) in [5.41, 5.74) is 0.266. The van der Waals surface area contributed by atoms with E-state index in [0.29, 0.717) is 22.1 Å². The number of aromatic nitrogens is 4. The fraction of sp³-hybridized carbons (Fsp3) is 0.154. The van der Waals surface area contributed by atoms with Gasteiger partial charge in [-0.1, -0.05) is 11.6 Å². The fourth-order valence-electron chi connectivity index (χ4n) is 2.03. The molecule has 3 heterocycles. The summed E-state index contributed by atoms with van der Waals surface area (Å²) in [6, 6.07) is 2.62. The SMILES string of the molecule is Cn1c(-c2ccncc2Cl)nc2cc(C(F)(F)F)cnc21. The Hall–Kier alpha value is -2.15. The van der Waals surface area contributed by atoms with E-state index in [-0.39, 0.29) is 5.52 Å². The lowest BCUT2D eigenvalue weighted by Gasteiger charge is -2.05. The number of hydrogen-bond acceptors (Lipinski definition) is 3. The number of aryl methyl sites for hydroxylation is 1. The van der Waals surface area contributed by atoms with Crippen molar-refractivity contribution in [3.63, 3.8) is 0 Å². The zero-order valence-corrected chi connectivity index (χ0v) is 11.4. The molecule has 3 aromatic rings. The van der Waals surface area contributed by atoms with Crippen LogP contribution in [0.5, 0.6) is 0 Å². The van der Waals surface area contributed by atoms with Crippen LogP contribution in [0.4, 0.5) is 13.2 Å². The first-order valence-electron chi connectivity index (χ1n) is 5.87. The van der Waals surface area contributed by atoms with Crippen molar-refractivity contribution in [1.29, 1.82) is 0 Å². The third-order valence-electron chi connectivity index (χ3n) is 3.05. The Bertz CT molecular complexity index is 826. The van der Waals surface area contributed by atoms with Crippen molar-refractivity contribution in [2.24, 2.45) is 7.05 Å². The molecule has 3 rings (SSSR count). The van der Waals surface area contributed by atoms with Crippen molar-refractivity contribution in [2.75, 3.05) is 0 Å². The Morgan fingerprint density at radius 2 is 2.00 bits per heavy atom. The van der Waals surface area contributed by atoms with E-state index in [0.717, 1.165) is 12.3 Å². The summed E-state index contributed by atoms with van der Waals surface area (Å²) in [6.07, 6.45) is -0.672. The maximum absolute atomic E-state index is 12.7. The predicted octanol–water partition coefficient (Wildman–Crippen LogP) is 3.70. The number of alkyl halides is 3. The van der Waals surface area contributed by atoms with Crippen LogP contribution in [0.3, 0.4) is 0 Å². The van der Waals surface area contributed by atoms with Gasteiger partial charge in [0, 0.05) is 31.2 Å². The number of hydrogen-bond donors (Lipinski definition) is 0. The molecule has 0 atom stereocenters. The lowest BCUT2D eigenvalue weighted by molar-refractivity contribution is -0.137. The van der Waals surface area contributed by atoms with Gasteiger partial charge in [-0.2, -0.15) is 13.2 Å². The highest BCUT2D eigenvalue weighted by Gasteiger charge is 2.31. The van der Waals surface area contributed by atoms with E-state index in [9.17, 15) is 13.2 Å². The maximum Gasteiger partial charge on any atom is 0.417 e. The van der Waals surface area contributed by atoms with E-state index < -0.39 is 11.7 Å². The Labute approximate surface area is 122 Å². The van der Waals surface area contributed by atoms with E-state index in [1.165, 1.54) is 12.4 Å². The summed E-state index contributed by atoms with van der Waals surface area (Å²) in [5.74, 6) is 0.434. The van der Waals surface area contributed by atoms with Gasteiger partial charge in [-0.3, -0.25) is 4.98 Å². The van der Waals surface area contributed by atoms with Gasteiger partial charge in [0.2, 0.25) is 0 Å². The molecule has 21 heavy (non-hydrogen) atoms. The number of fused-ring (bicyclic) bond motifs is 1. The highest BCUT2D eigenvalue weighted by Crippen LogP contribution is 2.32. The second-order valence-electron chi connectivity index (χ2n) is 4.41. The molecule has 0 aromatic carbocycles. The van der Waals surface area contributed by atoms with Crippen LogP contribution in [0.1, 0.15) is 5.56 Å². The third-order valence-corrected chi connectivity index (χ3v) is 3.35.